The van der Waals surface area contributed by atoms with Crippen LogP contribution in [0.15, 0.2) is 0 Å². The number of hydrogen-bond donors (Lipinski definition) is 1. The first-order valence-electron chi connectivity index (χ1n) is 3.85. The van der Waals surface area contributed by atoms with Gasteiger partial charge in [-0.05, 0) is 19.8 Å². The number of fused-ring (bicyclic) bond motifs is 1. The van der Waals surface area contributed by atoms with E-state index in [1.807, 2.05) is 11.8 Å². The highest BCUT2D eigenvalue weighted by Crippen LogP contribution is 2.21. The fraction of sp³-hybridized carbons (Fsp3) is 0.857. The van der Waals surface area contributed by atoms with E-state index >= 15 is 0 Å². The largest absolute Gasteiger partial charge is 0.326 e. The molecule has 0 aliphatic carbocycles. The van der Waals surface area contributed by atoms with Crippen molar-refractivity contribution in [1.82, 2.24) is 10.2 Å². The third-order valence-corrected chi connectivity index (χ3v) is 2.35. The van der Waals surface area contributed by atoms with E-state index < -0.39 is 0 Å². The fourth-order valence-electron chi connectivity index (χ4n) is 1.81. The highest BCUT2D eigenvalue weighted by atomic mass is 16.2. The van der Waals surface area contributed by atoms with Crippen LogP contribution in [-0.2, 0) is 4.79 Å². The first-order valence-corrected chi connectivity index (χ1v) is 3.85. The summed E-state index contributed by atoms with van der Waals surface area (Å²) < 4.78 is 0. The summed E-state index contributed by atoms with van der Waals surface area (Å²) in [5, 5.41) is 3.24. The number of carbonyl (C=O) groups excluding carboxylic acids is 1. The summed E-state index contributed by atoms with van der Waals surface area (Å²) in [6, 6.07) is 0.0605. The smallest absolute Gasteiger partial charge is 0.240 e. The van der Waals surface area contributed by atoms with E-state index in [4.69, 9.17) is 0 Å². The molecule has 0 bridgehead atoms. The van der Waals surface area contributed by atoms with Crippen LogP contribution in [0.1, 0.15) is 19.8 Å². The number of amides is 1. The Morgan fingerprint density at radius 2 is 2.50 bits per heavy atom. The van der Waals surface area contributed by atoms with Crippen LogP contribution in [0.2, 0.25) is 0 Å². The predicted octanol–water partition coefficient (Wildman–Crippen LogP) is -0.0734. The number of nitrogens with one attached hydrogen (secondary N) is 1. The van der Waals surface area contributed by atoms with Gasteiger partial charge in [0.25, 0.3) is 0 Å². The summed E-state index contributed by atoms with van der Waals surface area (Å²) in [5.74, 6) is 0.280. The van der Waals surface area contributed by atoms with Gasteiger partial charge in [0.2, 0.25) is 5.91 Å². The zero-order chi connectivity index (χ0) is 7.14. The molecule has 2 rings (SSSR count). The lowest BCUT2D eigenvalue weighted by Gasteiger charge is -2.12. The molecule has 0 radical (unpaired) electrons. The molecule has 0 spiro atoms. The number of rotatable bonds is 0. The van der Waals surface area contributed by atoms with Crippen molar-refractivity contribution in [2.24, 2.45) is 0 Å². The summed E-state index contributed by atoms with van der Waals surface area (Å²) in [6.07, 6.45) is 2.66. The minimum atomic E-state index is 0.0605. The summed E-state index contributed by atoms with van der Waals surface area (Å²) in [5.41, 5.74) is 0. The lowest BCUT2D eigenvalue weighted by atomic mass is 10.3. The lowest BCUT2D eigenvalue weighted by molar-refractivity contribution is -0.128. The first-order chi connectivity index (χ1) is 4.79. The third-order valence-electron chi connectivity index (χ3n) is 2.35. The molecule has 2 atom stereocenters. The predicted molar refractivity (Wildman–Crippen MR) is 37.3 cm³/mol. The molecular weight excluding hydrogens is 128 g/mol. The maximum atomic E-state index is 11.3. The van der Waals surface area contributed by atoms with E-state index in [0.29, 0.717) is 6.17 Å². The molecule has 3 nitrogen and oxygen atoms in total. The Labute approximate surface area is 60.4 Å². The zero-order valence-electron chi connectivity index (χ0n) is 6.13. The third kappa shape index (κ3) is 0.669. The minimum Gasteiger partial charge on any atom is -0.326 e. The second-order valence-electron chi connectivity index (χ2n) is 3.08. The summed E-state index contributed by atoms with van der Waals surface area (Å²) in [6.45, 7) is 2.89. The van der Waals surface area contributed by atoms with Crippen molar-refractivity contribution in [3.8, 4) is 0 Å². The number of carbonyl (C=O) groups is 1. The lowest BCUT2D eigenvalue weighted by Crippen LogP contribution is -2.30. The van der Waals surface area contributed by atoms with E-state index in [-0.39, 0.29) is 11.9 Å². The topological polar surface area (TPSA) is 32.3 Å². The van der Waals surface area contributed by atoms with Gasteiger partial charge in [-0.1, -0.05) is 0 Å². The van der Waals surface area contributed by atoms with Crippen LogP contribution >= 0.6 is 0 Å². The van der Waals surface area contributed by atoms with E-state index in [2.05, 4.69) is 5.32 Å². The van der Waals surface area contributed by atoms with Crippen LogP contribution in [0.5, 0.6) is 0 Å². The van der Waals surface area contributed by atoms with Crippen LogP contribution in [-0.4, -0.2) is 29.6 Å². The quantitative estimate of drug-likeness (QED) is 0.510. The summed E-state index contributed by atoms with van der Waals surface area (Å²) >= 11 is 0. The molecule has 2 saturated heterocycles. The van der Waals surface area contributed by atoms with Gasteiger partial charge in [0.15, 0.2) is 0 Å². The minimum absolute atomic E-state index is 0.0605. The van der Waals surface area contributed by atoms with Crippen LogP contribution in [0.3, 0.4) is 0 Å². The highest BCUT2D eigenvalue weighted by Gasteiger charge is 2.38. The van der Waals surface area contributed by atoms with Gasteiger partial charge in [0.1, 0.15) is 0 Å². The van der Waals surface area contributed by atoms with Gasteiger partial charge in [-0.25, -0.2) is 0 Å². The Bertz CT molecular complexity index is 169. The van der Waals surface area contributed by atoms with Crippen LogP contribution in [0, 0.1) is 0 Å². The van der Waals surface area contributed by atoms with Gasteiger partial charge in [0.05, 0.1) is 12.2 Å². The van der Waals surface area contributed by atoms with Gasteiger partial charge >= 0.3 is 0 Å². The molecule has 2 aliphatic heterocycles. The maximum Gasteiger partial charge on any atom is 0.240 e. The molecule has 2 unspecified atom stereocenters. The molecular formula is C7H12N2O. The number of nitrogens with zero attached hydrogens (tertiary/aromatic N) is 1. The molecule has 10 heavy (non-hydrogen) atoms. The Balaban J connectivity index is 2.17. The van der Waals surface area contributed by atoms with Crippen LogP contribution in [0.25, 0.3) is 0 Å². The molecule has 0 aromatic carbocycles. The Kier molecular flexibility index (Phi) is 1.20. The Morgan fingerprint density at radius 1 is 1.70 bits per heavy atom. The van der Waals surface area contributed by atoms with Crippen molar-refractivity contribution in [3.05, 3.63) is 0 Å². The van der Waals surface area contributed by atoms with Crippen molar-refractivity contribution >= 4 is 5.91 Å². The molecule has 0 aromatic rings. The molecule has 1 amide bonds. The monoisotopic (exact) mass is 140 g/mol. The zero-order valence-corrected chi connectivity index (χ0v) is 6.13. The standard InChI is InChI=1S/C7H12N2O/c1-5-7(10)9-4-2-3-6(9)8-5/h5-6,8H,2-4H2,1H3. The molecule has 2 fully saturated rings. The van der Waals surface area contributed by atoms with E-state index in [9.17, 15) is 4.79 Å². The van der Waals surface area contributed by atoms with Gasteiger partial charge in [-0.2, -0.15) is 0 Å². The average Bonchev–Trinajstić information content (AvgIpc) is 2.41. The SMILES string of the molecule is CC1NC2CCCN2C1=O. The average molecular weight is 140 g/mol. The van der Waals surface area contributed by atoms with Crippen molar-refractivity contribution in [2.75, 3.05) is 6.54 Å². The van der Waals surface area contributed by atoms with Crippen molar-refractivity contribution in [3.63, 3.8) is 0 Å². The summed E-state index contributed by atoms with van der Waals surface area (Å²) in [4.78, 5) is 13.2. The maximum absolute atomic E-state index is 11.3. The van der Waals surface area contributed by atoms with Gasteiger partial charge < -0.3 is 4.90 Å². The number of hydrogen-bond acceptors (Lipinski definition) is 2. The molecule has 3 heteroatoms. The molecule has 2 aliphatic rings. The van der Waals surface area contributed by atoms with Crippen molar-refractivity contribution < 1.29 is 4.79 Å². The second kappa shape index (κ2) is 1.95. The van der Waals surface area contributed by atoms with Crippen LogP contribution in [0.4, 0.5) is 0 Å². The molecule has 56 valence electrons. The normalized spacial score (nSPS) is 38.9. The molecule has 2 heterocycles. The van der Waals surface area contributed by atoms with E-state index in [1.165, 1.54) is 0 Å². The van der Waals surface area contributed by atoms with Crippen LogP contribution < -0.4 is 5.32 Å². The van der Waals surface area contributed by atoms with Gasteiger partial charge in [0, 0.05) is 6.54 Å². The molecule has 0 aromatic heterocycles. The Hall–Kier alpha value is -0.570. The fourth-order valence-corrected chi connectivity index (χ4v) is 1.81. The van der Waals surface area contributed by atoms with E-state index in [0.717, 1.165) is 19.4 Å². The molecule has 0 saturated carbocycles. The highest BCUT2D eigenvalue weighted by molar-refractivity contribution is 5.84. The van der Waals surface area contributed by atoms with Gasteiger partial charge in [-0.3, -0.25) is 10.1 Å². The van der Waals surface area contributed by atoms with Gasteiger partial charge in [-0.15, -0.1) is 0 Å². The first kappa shape index (κ1) is 6.16. The van der Waals surface area contributed by atoms with Crippen molar-refractivity contribution in [2.45, 2.75) is 32.0 Å². The van der Waals surface area contributed by atoms with Crippen molar-refractivity contribution in [1.29, 1.82) is 0 Å². The molecule has 1 N–H and O–H groups in total. The Morgan fingerprint density at radius 3 is 3.20 bits per heavy atom. The summed E-state index contributed by atoms with van der Waals surface area (Å²) in [7, 11) is 0. The van der Waals surface area contributed by atoms with E-state index in [1.54, 1.807) is 0 Å². The second-order valence-corrected chi connectivity index (χ2v) is 3.08.